The van der Waals surface area contributed by atoms with E-state index in [0.717, 1.165) is 37.0 Å². The SMILES string of the molecule is CN(C)[C@H]1C[C@@H](c2cc(Cl)cc(Cl)c2)CC[C@@H]1Nc1cc(F)c(S(=O)(=O)Nc2ccncn2)cc1Cl.O=CO. The molecule has 1 fully saturated rings. The Hall–Kier alpha value is -2.70. The van der Waals surface area contributed by atoms with Crippen LogP contribution in [0.2, 0.25) is 15.1 Å². The van der Waals surface area contributed by atoms with Gasteiger partial charge in [0.25, 0.3) is 16.5 Å². The average Bonchev–Trinajstić information content (AvgIpc) is 2.86. The average molecular weight is 619 g/mol. The standard InChI is InChI=1S/C24H25Cl3FN5O2S.CH2O2/c1-33(2)22-9-14(15-7-16(25)10-17(26)8-15)3-4-20(22)31-21-12-19(28)23(11-18(21)27)36(34,35)32-24-5-6-29-13-30-24;2-1-3/h5-8,10-14,20,22,31H,3-4,9H2,1-2H3,(H,29,30,32);1H,(H,2,3)/t14-,20-,22-;/m0./s1. The van der Waals surface area contributed by atoms with Crippen molar-refractivity contribution in [2.45, 2.75) is 42.2 Å². The molecule has 4 rings (SSSR count). The van der Waals surface area contributed by atoms with Crippen LogP contribution in [0.1, 0.15) is 30.7 Å². The molecular weight excluding hydrogens is 592 g/mol. The molecule has 1 heterocycles. The summed E-state index contributed by atoms with van der Waals surface area (Å²) in [5.41, 5.74) is 1.42. The van der Waals surface area contributed by atoms with E-state index < -0.39 is 20.7 Å². The van der Waals surface area contributed by atoms with Crippen LogP contribution >= 0.6 is 34.8 Å². The number of hydrogen-bond acceptors (Lipinski definition) is 7. The van der Waals surface area contributed by atoms with Crippen molar-refractivity contribution in [3.8, 4) is 0 Å². The Morgan fingerprint density at radius 2 is 1.77 bits per heavy atom. The van der Waals surface area contributed by atoms with Crippen molar-refractivity contribution in [2.24, 2.45) is 0 Å². The second-order valence-electron chi connectivity index (χ2n) is 9.06. The molecule has 0 unspecified atom stereocenters. The van der Waals surface area contributed by atoms with Gasteiger partial charge in [-0.1, -0.05) is 34.8 Å². The number of hydrogen-bond donors (Lipinski definition) is 3. The molecule has 1 aliphatic carbocycles. The first-order chi connectivity index (χ1) is 18.4. The van der Waals surface area contributed by atoms with Crippen LogP contribution in [0.15, 0.2) is 53.8 Å². The zero-order valence-electron chi connectivity index (χ0n) is 21.0. The fraction of sp³-hybridized carbons (Fsp3) is 0.320. The molecule has 1 aliphatic rings. The molecule has 3 atom stereocenters. The molecule has 0 amide bonds. The van der Waals surface area contributed by atoms with Gasteiger partial charge in [-0.3, -0.25) is 9.52 Å². The summed E-state index contributed by atoms with van der Waals surface area (Å²) in [7, 11) is -0.264. The first kappa shape index (κ1) is 30.8. The van der Waals surface area contributed by atoms with E-state index in [4.69, 9.17) is 44.7 Å². The van der Waals surface area contributed by atoms with Gasteiger partial charge < -0.3 is 15.3 Å². The Kier molecular flexibility index (Phi) is 10.7. The molecule has 39 heavy (non-hydrogen) atoms. The molecule has 0 spiro atoms. The molecule has 3 aromatic rings. The van der Waals surface area contributed by atoms with Crippen LogP contribution in [0.5, 0.6) is 0 Å². The molecule has 210 valence electrons. The van der Waals surface area contributed by atoms with Gasteiger partial charge in [0.15, 0.2) is 0 Å². The maximum atomic E-state index is 15.0. The number of halogens is 4. The Morgan fingerprint density at radius 1 is 1.10 bits per heavy atom. The molecular formula is C25H27Cl3FN5O4S. The summed E-state index contributed by atoms with van der Waals surface area (Å²) in [6, 6.07) is 9.25. The summed E-state index contributed by atoms with van der Waals surface area (Å²) in [5, 5.41) is 11.5. The van der Waals surface area contributed by atoms with Gasteiger partial charge in [-0.15, -0.1) is 0 Å². The van der Waals surface area contributed by atoms with Crippen molar-refractivity contribution >= 4 is 62.8 Å². The number of anilines is 2. The van der Waals surface area contributed by atoms with E-state index in [1.54, 1.807) is 6.07 Å². The van der Waals surface area contributed by atoms with Crippen LogP contribution in [-0.2, 0) is 14.8 Å². The van der Waals surface area contributed by atoms with Gasteiger partial charge in [-0.05, 0) is 81.2 Å². The molecule has 14 heteroatoms. The lowest BCUT2D eigenvalue weighted by Gasteiger charge is -2.41. The quantitative estimate of drug-likeness (QED) is 0.286. The number of carbonyl (C=O) groups is 1. The highest BCUT2D eigenvalue weighted by molar-refractivity contribution is 7.92. The van der Waals surface area contributed by atoms with Crippen molar-refractivity contribution in [3.05, 3.63) is 75.4 Å². The third-order valence-electron chi connectivity index (χ3n) is 6.31. The Balaban J connectivity index is 0.00000134. The first-order valence-corrected chi connectivity index (χ1v) is 14.3. The highest BCUT2D eigenvalue weighted by atomic mass is 35.5. The summed E-state index contributed by atoms with van der Waals surface area (Å²) in [4.78, 5) is 17.5. The third-order valence-corrected chi connectivity index (χ3v) is 8.43. The molecule has 9 nitrogen and oxygen atoms in total. The van der Waals surface area contributed by atoms with E-state index in [1.165, 1.54) is 18.6 Å². The second-order valence-corrected chi connectivity index (χ2v) is 12.0. The summed E-state index contributed by atoms with van der Waals surface area (Å²) in [6.45, 7) is -0.250. The minimum atomic E-state index is -4.24. The molecule has 1 aromatic heterocycles. The third kappa shape index (κ3) is 8.15. The number of nitrogens with one attached hydrogen (secondary N) is 2. The van der Waals surface area contributed by atoms with Gasteiger partial charge in [0.05, 0.1) is 10.7 Å². The van der Waals surface area contributed by atoms with Crippen molar-refractivity contribution in [2.75, 3.05) is 24.1 Å². The fourth-order valence-corrected chi connectivity index (χ4v) is 6.51. The summed E-state index contributed by atoms with van der Waals surface area (Å²) < 4.78 is 42.7. The minimum Gasteiger partial charge on any atom is -0.483 e. The zero-order chi connectivity index (χ0) is 28.7. The first-order valence-electron chi connectivity index (χ1n) is 11.7. The van der Waals surface area contributed by atoms with Gasteiger partial charge in [0.2, 0.25) is 0 Å². The maximum absolute atomic E-state index is 15.0. The van der Waals surface area contributed by atoms with E-state index in [-0.39, 0.29) is 35.3 Å². The van der Waals surface area contributed by atoms with Gasteiger partial charge in [-0.2, -0.15) is 0 Å². The van der Waals surface area contributed by atoms with Gasteiger partial charge in [0.1, 0.15) is 22.9 Å². The Morgan fingerprint density at radius 3 is 2.36 bits per heavy atom. The number of carboxylic acid groups (broad SMARTS) is 1. The number of aromatic nitrogens is 2. The number of sulfonamides is 1. The minimum absolute atomic E-state index is 0.0225. The predicted octanol–water partition coefficient (Wildman–Crippen LogP) is 5.76. The van der Waals surface area contributed by atoms with Crippen molar-refractivity contribution in [1.29, 1.82) is 0 Å². The number of benzene rings is 2. The lowest BCUT2D eigenvalue weighted by Crippen LogP contribution is -2.47. The highest BCUT2D eigenvalue weighted by Gasteiger charge is 2.33. The van der Waals surface area contributed by atoms with Crippen LogP contribution in [0, 0.1) is 5.82 Å². The van der Waals surface area contributed by atoms with Gasteiger partial charge in [-0.25, -0.2) is 22.8 Å². The number of likely N-dealkylation sites (N-methyl/N-ethyl adjacent to an activating group) is 1. The normalized spacial score (nSPS) is 19.1. The zero-order valence-corrected chi connectivity index (χ0v) is 24.1. The predicted molar refractivity (Wildman–Crippen MR) is 151 cm³/mol. The smallest absolute Gasteiger partial charge is 0.290 e. The van der Waals surface area contributed by atoms with E-state index in [0.29, 0.717) is 15.7 Å². The van der Waals surface area contributed by atoms with Gasteiger partial charge in [0, 0.05) is 28.3 Å². The fourth-order valence-electron chi connectivity index (χ4n) is 4.59. The van der Waals surface area contributed by atoms with Crippen LogP contribution in [0.3, 0.4) is 0 Å². The summed E-state index contributed by atoms with van der Waals surface area (Å²) in [5.74, 6) is -0.638. The van der Waals surface area contributed by atoms with Crippen LogP contribution in [0.25, 0.3) is 0 Å². The number of nitrogens with zero attached hydrogens (tertiary/aromatic N) is 3. The van der Waals surface area contributed by atoms with Gasteiger partial charge >= 0.3 is 0 Å². The van der Waals surface area contributed by atoms with E-state index >= 15 is 4.39 Å². The molecule has 1 saturated carbocycles. The molecule has 0 saturated heterocycles. The molecule has 0 aliphatic heterocycles. The van der Waals surface area contributed by atoms with Crippen molar-refractivity contribution in [3.63, 3.8) is 0 Å². The molecule has 0 radical (unpaired) electrons. The van der Waals surface area contributed by atoms with Crippen LogP contribution in [-0.4, -0.2) is 61.0 Å². The molecule has 2 aromatic carbocycles. The molecule has 3 N–H and O–H groups in total. The lowest BCUT2D eigenvalue weighted by atomic mass is 9.78. The summed E-state index contributed by atoms with van der Waals surface area (Å²) >= 11 is 18.9. The highest BCUT2D eigenvalue weighted by Crippen LogP contribution is 2.39. The Labute approximate surface area is 241 Å². The van der Waals surface area contributed by atoms with Crippen molar-refractivity contribution in [1.82, 2.24) is 14.9 Å². The summed E-state index contributed by atoms with van der Waals surface area (Å²) in [6.07, 6.45) is 5.04. The number of rotatable bonds is 7. The monoisotopic (exact) mass is 617 g/mol. The molecule has 0 bridgehead atoms. The van der Waals surface area contributed by atoms with Crippen LogP contribution in [0.4, 0.5) is 15.9 Å². The maximum Gasteiger partial charge on any atom is 0.290 e. The second kappa shape index (κ2) is 13.6. The topological polar surface area (TPSA) is 125 Å². The Bertz CT molecular complexity index is 1380. The largest absolute Gasteiger partial charge is 0.483 e. The van der Waals surface area contributed by atoms with E-state index in [2.05, 4.69) is 24.9 Å². The lowest BCUT2D eigenvalue weighted by molar-refractivity contribution is -0.122. The van der Waals surface area contributed by atoms with E-state index in [1.807, 2.05) is 26.2 Å². The van der Waals surface area contributed by atoms with E-state index in [9.17, 15) is 8.42 Å². The van der Waals surface area contributed by atoms with Crippen LogP contribution < -0.4 is 10.0 Å². The van der Waals surface area contributed by atoms with Crippen molar-refractivity contribution < 1.29 is 22.7 Å².